The van der Waals surface area contributed by atoms with E-state index in [2.05, 4.69) is 15.3 Å². The van der Waals surface area contributed by atoms with Crippen LogP contribution in [-0.4, -0.2) is 22.0 Å². The molecular formula is C15H19N3O2. The third-order valence-electron chi connectivity index (χ3n) is 2.92. The minimum absolute atomic E-state index is 0.134. The number of carbonyl (C=O) groups is 1. The number of nitrogens with zero attached hydrogens (tertiary/aromatic N) is 1. The van der Waals surface area contributed by atoms with E-state index in [1.54, 1.807) is 12.4 Å². The molecule has 2 N–H and O–H groups in total. The Hall–Kier alpha value is -2.30. The van der Waals surface area contributed by atoms with Gasteiger partial charge in [-0.3, -0.25) is 4.79 Å². The number of rotatable bonds is 6. The second-order valence-electron chi connectivity index (χ2n) is 4.58. The molecule has 5 heteroatoms. The number of aryl methyl sites for hydroxylation is 1. The van der Waals surface area contributed by atoms with Gasteiger partial charge in [0.1, 0.15) is 11.6 Å². The zero-order valence-corrected chi connectivity index (χ0v) is 11.7. The van der Waals surface area contributed by atoms with Gasteiger partial charge < -0.3 is 15.0 Å². The van der Waals surface area contributed by atoms with E-state index in [1.807, 2.05) is 38.1 Å². The van der Waals surface area contributed by atoms with Gasteiger partial charge in [0.25, 0.3) is 5.91 Å². The lowest BCUT2D eigenvalue weighted by molar-refractivity contribution is -0.128. The first-order valence-electron chi connectivity index (χ1n) is 6.68. The van der Waals surface area contributed by atoms with Crippen molar-refractivity contribution < 1.29 is 9.53 Å². The molecule has 0 saturated carbocycles. The number of imidazole rings is 1. The summed E-state index contributed by atoms with van der Waals surface area (Å²) in [6, 6.07) is 7.68. The Morgan fingerprint density at radius 3 is 3.00 bits per heavy atom. The van der Waals surface area contributed by atoms with E-state index in [9.17, 15) is 4.79 Å². The van der Waals surface area contributed by atoms with Gasteiger partial charge in [0.15, 0.2) is 6.10 Å². The van der Waals surface area contributed by atoms with Crippen molar-refractivity contribution in [1.29, 1.82) is 0 Å². The fraction of sp³-hybridized carbons (Fsp3) is 0.333. The third kappa shape index (κ3) is 3.85. The summed E-state index contributed by atoms with van der Waals surface area (Å²) in [4.78, 5) is 19.1. The quantitative estimate of drug-likeness (QED) is 0.847. The van der Waals surface area contributed by atoms with Crippen LogP contribution in [0.4, 0.5) is 0 Å². The zero-order chi connectivity index (χ0) is 14.4. The standard InChI is InChI=1S/C15H19N3O2/c1-3-13(20-12-6-4-5-11(2)9-12)15(19)18-10-14-16-7-8-17-14/h4-9,13H,3,10H2,1-2H3,(H,16,17)(H,18,19). The Morgan fingerprint density at radius 2 is 2.35 bits per heavy atom. The van der Waals surface area contributed by atoms with Crippen LogP contribution >= 0.6 is 0 Å². The Kier molecular flexibility index (Phi) is 4.76. The van der Waals surface area contributed by atoms with Gasteiger partial charge in [-0.25, -0.2) is 4.98 Å². The maximum Gasteiger partial charge on any atom is 0.261 e. The molecule has 0 fully saturated rings. The highest BCUT2D eigenvalue weighted by molar-refractivity contribution is 5.80. The van der Waals surface area contributed by atoms with Crippen molar-refractivity contribution in [2.24, 2.45) is 0 Å². The lowest BCUT2D eigenvalue weighted by Gasteiger charge is -2.17. The maximum atomic E-state index is 12.1. The number of carbonyl (C=O) groups excluding carboxylic acids is 1. The fourth-order valence-electron chi connectivity index (χ4n) is 1.85. The van der Waals surface area contributed by atoms with Gasteiger partial charge in [-0.2, -0.15) is 0 Å². The van der Waals surface area contributed by atoms with Gasteiger partial charge in [-0.1, -0.05) is 19.1 Å². The number of nitrogens with one attached hydrogen (secondary N) is 2. The van der Waals surface area contributed by atoms with E-state index >= 15 is 0 Å². The summed E-state index contributed by atoms with van der Waals surface area (Å²) in [7, 11) is 0. The van der Waals surface area contributed by atoms with Crippen molar-refractivity contribution in [1.82, 2.24) is 15.3 Å². The Balaban J connectivity index is 1.92. The second kappa shape index (κ2) is 6.75. The summed E-state index contributed by atoms with van der Waals surface area (Å²) in [6.07, 6.45) is 3.49. The van der Waals surface area contributed by atoms with Crippen LogP contribution in [0.25, 0.3) is 0 Å². The number of amides is 1. The van der Waals surface area contributed by atoms with Gasteiger partial charge in [0.2, 0.25) is 0 Å². The molecule has 1 heterocycles. The number of aromatic amines is 1. The molecule has 0 saturated heterocycles. The van der Waals surface area contributed by atoms with E-state index in [0.717, 1.165) is 11.4 Å². The molecule has 1 amide bonds. The molecule has 1 aromatic heterocycles. The van der Waals surface area contributed by atoms with Crippen molar-refractivity contribution >= 4 is 5.91 Å². The predicted molar refractivity (Wildman–Crippen MR) is 76.3 cm³/mol. The summed E-state index contributed by atoms with van der Waals surface area (Å²) in [5, 5.41) is 2.81. The summed E-state index contributed by atoms with van der Waals surface area (Å²) in [5.74, 6) is 1.30. The van der Waals surface area contributed by atoms with Crippen molar-refractivity contribution in [2.75, 3.05) is 0 Å². The number of H-pyrrole nitrogens is 1. The van der Waals surface area contributed by atoms with Crippen molar-refractivity contribution in [3.05, 3.63) is 48.0 Å². The summed E-state index contributed by atoms with van der Waals surface area (Å²) in [5.41, 5.74) is 1.10. The normalized spacial score (nSPS) is 11.9. The molecular weight excluding hydrogens is 254 g/mol. The molecule has 1 aromatic carbocycles. The van der Waals surface area contributed by atoms with E-state index in [4.69, 9.17) is 4.74 Å². The van der Waals surface area contributed by atoms with Crippen LogP contribution in [0.2, 0.25) is 0 Å². The predicted octanol–water partition coefficient (Wildman–Crippen LogP) is 2.19. The Labute approximate surface area is 118 Å². The van der Waals surface area contributed by atoms with Crippen LogP contribution in [0, 0.1) is 6.92 Å². The van der Waals surface area contributed by atoms with E-state index in [0.29, 0.717) is 18.7 Å². The lowest BCUT2D eigenvalue weighted by atomic mass is 10.2. The first-order valence-corrected chi connectivity index (χ1v) is 6.68. The van der Waals surface area contributed by atoms with Crippen LogP contribution in [0.5, 0.6) is 5.75 Å². The van der Waals surface area contributed by atoms with E-state index in [-0.39, 0.29) is 5.91 Å². The molecule has 0 aliphatic rings. The molecule has 2 aromatic rings. The molecule has 2 rings (SSSR count). The highest BCUT2D eigenvalue weighted by Crippen LogP contribution is 2.15. The van der Waals surface area contributed by atoms with Crippen molar-refractivity contribution in [2.45, 2.75) is 32.9 Å². The molecule has 5 nitrogen and oxygen atoms in total. The number of aromatic nitrogens is 2. The van der Waals surface area contributed by atoms with Crippen LogP contribution in [0.1, 0.15) is 24.7 Å². The Bertz CT molecular complexity index is 552. The molecule has 0 spiro atoms. The summed E-state index contributed by atoms with van der Waals surface area (Å²) in [6.45, 7) is 4.29. The molecule has 20 heavy (non-hydrogen) atoms. The number of hydrogen-bond acceptors (Lipinski definition) is 3. The fourth-order valence-corrected chi connectivity index (χ4v) is 1.85. The summed E-state index contributed by atoms with van der Waals surface area (Å²) < 4.78 is 5.73. The van der Waals surface area contributed by atoms with Crippen LogP contribution in [0.15, 0.2) is 36.7 Å². The maximum absolute atomic E-state index is 12.1. The Morgan fingerprint density at radius 1 is 1.50 bits per heavy atom. The van der Waals surface area contributed by atoms with E-state index < -0.39 is 6.10 Å². The smallest absolute Gasteiger partial charge is 0.261 e. The molecule has 106 valence electrons. The van der Waals surface area contributed by atoms with Gasteiger partial charge in [0, 0.05) is 12.4 Å². The largest absolute Gasteiger partial charge is 0.481 e. The molecule has 0 aliphatic carbocycles. The topological polar surface area (TPSA) is 67.0 Å². The van der Waals surface area contributed by atoms with Crippen LogP contribution in [-0.2, 0) is 11.3 Å². The zero-order valence-electron chi connectivity index (χ0n) is 11.7. The lowest BCUT2D eigenvalue weighted by Crippen LogP contribution is -2.37. The highest BCUT2D eigenvalue weighted by Gasteiger charge is 2.18. The average Bonchev–Trinajstić information content (AvgIpc) is 2.95. The second-order valence-corrected chi connectivity index (χ2v) is 4.58. The highest BCUT2D eigenvalue weighted by atomic mass is 16.5. The minimum Gasteiger partial charge on any atom is -0.481 e. The SMILES string of the molecule is CCC(Oc1cccc(C)c1)C(=O)NCc1ncc[nH]1. The van der Waals surface area contributed by atoms with Crippen molar-refractivity contribution in [3.8, 4) is 5.75 Å². The molecule has 1 unspecified atom stereocenters. The van der Waals surface area contributed by atoms with Crippen LogP contribution < -0.4 is 10.1 Å². The number of ether oxygens (including phenoxy) is 1. The molecule has 0 radical (unpaired) electrons. The first kappa shape index (κ1) is 14.1. The van der Waals surface area contributed by atoms with Gasteiger partial charge in [0.05, 0.1) is 6.54 Å². The first-order chi connectivity index (χ1) is 9.69. The van der Waals surface area contributed by atoms with Gasteiger partial charge in [-0.15, -0.1) is 0 Å². The number of benzene rings is 1. The van der Waals surface area contributed by atoms with Crippen molar-refractivity contribution in [3.63, 3.8) is 0 Å². The van der Waals surface area contributed by atoms with Gasteiger partial charge in [-0.05, 0) is 31.0 Å². The number of hydrogen-bond donors (Lipinski definition) is 2. The minimum atomic E-state index is -0.494. The molecule has 0 bridgehead atoms. The van der Waals surface area contributed by atoms with Crippen LogP contribution in [0.3, 0.4) is 0 Å². The average molecular weight is 273 g/mol. The molecule has 0 aliphatic heterocycles. The monoisotopic (exact) mass is 273 g/mol. The van der Waals surface area contributed by atoms with Gasteiger partial charge >= 0.3 is 0 Å². The summed E-state index contributed by atoms with van der Waals surface area (Å²) >= 11 is 0. The van der Waals surface area contributed by atoms with E-state index in [1.165, 1.54) is 0 Å². The molecule has 1 atom stereocenters. The third-order valence-corrected chi connectivity index (χ3v) is 2.92.